The molecule has 1 N–H and O–H groups in total. The SMILES string of the molecule is CC(Cc1cccc(F)c1)C(=O)OC(C)C(=O)N(C)CC(=O)NC(C)(C)C. The summed E-state index contributed by atoms with van der Waals surface area (Å²) in [7, 11) is 1.48. The zero-order valence-corrected chi connectivity index (χ0v) is 16.8. The van der Waals surface area contributed by atoms with Gasteiger partial charge in [-0.2, -0.15) is 0 Å². The van der Waals surface area contributed by atoms with Gasteiger partial charge in [0.2, 0.25) is 5.91 Å². The van der Waals surface area contributed by atoms with Crippen molar-refractivity contribution in [3.05, 3.63) is 35.6 Å². The third kappa shape index (κ3) is 8.19. The van der Waals surface area contributed by atoms with Gasteiger partial charge >= 0.3 is 5.97 Å². The first kappa shape index (κ1) is 22.6. The van der Waals surface area contributed by atoms with Crippen LogP contribution in [0.5, 0.6) is 0 Å². The van der Waals surface area contributed by atoms with E-state index in [9.17, 15) is 18.8 Å². The minimum absolute atomic E-state index is 0.128. The van der Waals surface area contributed by atoms with Crippen molar-refractivity contribution < 1.29 is 23.5 Å². The van der Waals surface area contributed by atoms with Crippen LogP contribution in [0.3, 0.4) is 0 Å². The smallest absolute Gasteiger partial charge is 0.309 e. The molecule has 0 radical (unpaired) electrons. The fraction of sp³-hybridized carbons (Fsp3) is 0.550. The molecule has 150 valence electrons. The molecule has 0 fully saturated rings. The monoisotopic (exact) mass is 380 g/mol. The van der Waals surface area contributed by atoms with Crippen LogP contribution < -0.4 is 5.32 Å². The lowest BCUT2D eigenvalue weighted by molar-refractivity contribution is -0.161. The van der Waals surface area contributed by atoms with Gasteiger partial charge in [-0.3, -0.25) is 14.4 Å². The quantitative estimate of drug-likeness (QED) is 0.737. The van der Waals surface area contributed by atoms with E-state index < -0.39 is 29.4 Å². The molecule has 6 nitrogen and oxygen atoms in total. The van der Waals surface area contributed by atoms with Gasteiger partial charge in [-0.25, -0.2) is 4.39 Å². The van der Waals surface area contributed by atoms with Gasteiger partial charge in [-0.05, 0) is 51.8 Å². The second-order valence-corrected chi connectivity index (χ2v) is 7.81. The molecular formula is C20H29FN2O4. The molecule has 7 heteroatoms. The fourth-order valence-electron chi connectivity index (χ4n) is 2.50. The highest BCUT2D eigenvalue weighted by molar-refractivity contribution is 5.88. The number of ether oxygens (including phenoxy) is 1. The number of carbonyl (C=O) groups is 3. The predicted octanol–water partition coefficient (Wildman–Crippen LogP) is 2.31. The van der Waals surface area contributed by atoms with Crippen LogP contribution in [0.15, 0.2) is 24.3 Å². The first-order valence-electron chi connectivity index (χ1n) is 8.90. The highest BCUT2D eigenvalue weighted by atomic mass is 19.1. The predicted molar refractivity (Wildman–Crippen MR) is 100 cm³/mol. The van der Waals surface area contributed by atoms with Crippen LogP contribution >= 0.6 is 0 Å². The summed E-state index contributed by atoms with van der Waals surface area (Å²) in [5.41, 5.74) is 0.278. The van der Waals surface area contributed by atoms with Crippen LogP contribution in [0.4, 0.5) is 4.39 Å². The van der Waals surface area contributed by atoms with E-state index >= 15 is 0 Å². The Hall–Kier alpha value is -2.44. The van der Waals surface area contributed by atoms with Gasteiger partial charge in [-0.1, -0.05) is 19.1 Å². The van der Waals surface area contributed by atoms with Crippen LogP contribution in [0, 0.1) is 11.7 Å². The van der Waals surface area contributed by atoms with E-state index in [0.717, 1.165) is 0 Å². The second kappa shape index (κ2) is 9.48. The summed E-state index contributed by atoms with van der Waals surface area (Å²) in [6, 6.07) is 5.99. The van der Waals surface area contributed by atoms with Crippen molar-refractivity contribution in [2.45, 2.75) is 52.7 Å². The highest BCUT2D eigenvalue weighted by Gasteiger charge is 2.26. The number of halogens is 1. The maximum Gasteiger partial charge on any atom is 0.309 e. The Labute approximate surface area is 160 Å². The van der Waals surface area contributed by atoms with Crippen molar-refractivity contribution in [1.82, 2.24) is 10.2 Å². The number of nitrogens with zero attached hydrogens (tertiary/aromatic N) is 1. The van der Waals surface area contributed by atoms with Gasteiger partial charge in [-0.15, -0.1) is 0 Å². The molecule has 1 aromatic rings. The Morgan fingerprint density at radius 3 is 2.41 bits per heavy atom. The maximum absolute atomic E-state index is 13.2. The molecule has 0 bridgehead atoms. The first-order valence-corrected chi connectivity index (χ1v) is 8.90. The Bertz CT molecular complexity index is 685. The molecule has 1 aromatic carbocycles. The van der Waals surface area contributed by atoms with Gasteiger partial charge in [0.05, 0.1) is 12.5 Å². The Morgan fingerprint density at radius 2 is 1.85 bits per heavy atom. The molecule has 2 unspecified atom stereocenters. The van der Waals surface area contributed by atoms with Gasteiger partial charge < -0.3 is 15.0 Å². The van der Waals surface area contributed by atoms with Crippen LogP contribution in [0.2, 0.25) is 0 Å². The molecule has 0 saturated carbocycles. The lowest BCUT2D eigenvalue weighted by Crippen LogP contribution is -2.48. The van der Waals surface area contributed by atoms with E-state index in [2.05, 4.69) is 5.32 Å². The number of amides is 2. The second-order valence-electron chi connectivity index (χ2n) is 7.81. The zero-order chi connectivity index (χ0) is 20.8. The number of likely N-dealkylation sites (N-methyl/N-ethyl adjacent to an activating group) is 1. The van der Waals surface area contributed by atoms with Crippen LogP contribution in [-0.2, 0) is 25.5 Å². The van der Waals surface area contributed by atoms with Crippen LogP contribution in [-0.4, -0.2) is 47.9 Å². The molecular weight excluding hydrogens is 351 g/mol. The summed E-state index contributed by atoms with van der Waals surface area (Å²) in [5, 5.41) is 2.76. The number of esters is 1. The number of benzene rings is 1. The topological polar surface area (TPSA) is 75.7 Å². The summed E-state index contributed by atoms with van der Waals surface area (Å²) in [4.78, 5) is 37.7. The maximum atomic E-state index is 13.2. The first-order chi connectivity index (χ1) is 12.4. The molecule has 0 aliphatic rings. The lowest BCUT2D eigenvalue weighted by Gasteiger charge is -2.25. The molecule has 0 spiro atoms. The molecule has 0 aliphatic carbocycles. The number of hydrogen-bond donors (Lipinski definition) is 1. The molecule has 2 amide bonds. The Kier molecular flexibility index (Phi) is 7.94. The van der Waals surface area contributed by atoms with Crippen molar-refractivity contribution in [1.29, 1.82) is 0 Å². The minimum Gasteiger partial charge on any atom is -0.452 e. The van der Waals surface area contributed by atoms with Crippen molar-refractivity contribution in [3.8, 4) is 0 Å². The average molecular weight is 380 g/mol. The fourth-order valence-corrected chi connectivity index (χ4v) is 2.50. The molecule has 1 rings (SSSR count). The summed E-state index contributed by atoms with van der Waals surface area (Å²) in [6.07, 6.45) is -0.707. The van der Waals surface area contributed by atoms with E-state index in [1.54, 1.807) is 19.1 Å². The van der Waals surface area contributed by atoms with Crippen molar-refractivity contribution in [2.24, 2.45) is 5.92 Å². The lowest BCUT2D eigenvalue weighted by atomic mass is 10.0. The minimum atomic E-state index is -1.01. The molecule has 0 aliphatic heterocycles. The van der Waals surface area contributed by atoms with E-state index in [4.69, 9.17) is 4.74 Å². The number of carbonyl (C=O) groups excluding carboxylic acids is 3. The van der Waals surface area contributed by atoms with Crippen molar-refractivity contribution in [2.75, 3.05) is 13.6 Å². The van der Waals surface area contributed by atoms with Crippen molar-refractivity contribution >= 4 is 17.8 Å². The van der Waals surface area contributed by atoms with Gasteiger partial charge in [0, 0.05) is 12.6 Å². The summed E-state index contributed by atoms with van der Waals surface area (Å²) in [6.45, 7) is 8.53. The number of hydrogen-bond acceptors (Lipinski definition) is 4. The number of nitrogens with one attached hydrogen (secondary N) is 1. The van der Waals surface area contributed by atoms with Crippen molar-refractivity contribution in [3.63, 3.8) is 0 Å². The largest absolute Gasteiger partial charge is 0.452 e. The molecule has 0 heterocycles. The Balaban J connectivity index is 2.55. The molecule has 2 atom stereocenters. The highest BCUT2D eigenvalue weighted by Crippen LogP contribution is 2.13. The van der Waals surface area contributed by atoms with Gasteiger partial charge in [0.1, 0.15) is 5.82 Å². The van der Waals surface area contributed by atoms with E-state index in [0.29, 0.717) is 12.0 Å². The third-order valence-corrected chi connectivity index (χ3v) is 3.75. The number of rotatable bonds is 7. The zero-order valence-electron chi connectivity index (χ0n) is 16.8. The molecule has 0 saturated heterocycles. The van der Waals surface area contributed by atoms with Gasteiger partial charge in [0.25, 0.3) is 5.91 Å². The Morgan fingerprint density at radius 1 is 1.22 bits per heavy atom. The normalized spacial score (nSPS) is 13.4. The molecule has 0 aromatic heterocycles. The summed E-state index contributed by atoms with van der Waals surface area (Å²) < 4.78 is 18.5. The van der Waals surface area contributed by atoms with Crippen LogP contribution in [0.1, 0.15) is 40.2 Å². The summed E-state index contributed by atoms with van der Waals surface area (Å²) >= 11 is 0. The standard InChI is InChI=1S/C20H29FN2O4/c1-13(10-15-8-7-9-16(21)11-15)19(26)27-14(2)18(25)23(6)12-17(24)22-20(3,4)5/h7-9,11,13-14H,10,12H2,1-6H3,(H,22,24). The van der Waals surface area contributed by atoms with Crippen LogP contribution in [0.25, 0.3) is 0 Å². The summed E-state index contributed by atoms with van der Waals surface area (Å²) in [5.74, 6) is -2.21. The molecule has 27 heavy (non-hydrogen) atoms. The van der Waals surface area contributed by atoms with E-state index in [-0.39, 0.29) is 18.3 Å². The third-order valence-electron chi connectivity index (χ3n) is 3.75. The van der Waals surface area contributed by atoms with Gasteiger partial charge in [0.15, 0.2) is 6.10 Å². The van der Waals surface area contributed by atoms with E-state index in [1.165, 1.54) is 31.0 Å². The van der Waals surface area contributed by atoms with E-state index in [1.807, 2.05) is 20.8 Å². The average Bonchev–Trinajstić information content (AvgIpc) is 2.51.